The van der Waals surface area contributed by atoms with Gasteiger partial charge in [-0.15, -0.1) is 11.3 Å². The molecule has 2 aromatic rings. The Hall–Kier alpha value is -0.640. The number of piperidine rings is 1. The van der Waals surface area contributed by atoms with Crippen LogP contribution in [0.4, 0.5) is 0 Å². The Morgan fingerprint density at radius 3 is 2.89 bits per heavy atom. The molecule has 0 spiro atoms. The van der Waals surface area contributed by atoms with Gasteiger partial charge in [0.2, 0.25) is 0 Å². The highest BCUT2D eigenvalue weighted by Crippen LogP contribution is 2.34. The number of thiophene rings is 1. The van der Waals surface area contributed by atoms with Crippen molar-refractivity contribution < 1.29 is 0 Å². The Labute approximate surface area is 120 Å². The van der Waals surface area contributed by atoms with E-state index >= 15 is 0 Å². The van der Waals surface area contributed by atoms with Crippen LogP contribution in [0.25, 0.3) is 10.4 Å². The van der Waals surface area contributed by atoms with Crippen molar-refractivity contribution in [2.24, 2.45) is 0 Å². The highest BCUT2D eigenvalue weighted by atomic mass is 79.9. The molecule has 0 aliphatic carbocycles. The molecule has 0 bridgehead atoms. The molecule has 3 rings (SSSR count). The number of benzene rings is 1. The molecule has 1 aromatic carbocycles. The summed E-state index contributed by atoms with van der Waals surface area (Å²) >= 11 is 5.45. The summed E-state index contributed by atoms with van der Waals surface area (Å²) in [5.74, 6) is 0. The molecular weight excluding hydrogens is 306 g/mol. The first kappa shape index (κ1) is 12.4. The van der Waals surface area contributed by atoms with E-state index in [1.54, 1.807) is 0 Å². The average Bonchev–Trinajstić information content (AvgIpc) is 2.89. The molecule has 2 heterocycles. The Morgan fingerprint density at radius 1 is 1.17 bits per heavy atom. The number of hydrogen-bond donors (Lipinski definition) is 1. The first-order chi connectivity index (χ1) is 8.83. The van der Waals surface area contributed by atoms with Gasteiger partial charge in [0.25, 0.3) is 0 Å². The number of nitrogens with one attached hydrogen (secondary N) is 1. The Morgan fingerprint density at radius 2 is 2.11 bits per heavy atom. The van der Waals surface area contributed by atoms with Crippen LogP contribution in [-0.2, 0) is 0 Å². The van der Waals surface area contributed by atoms with E-state index in [1.807, 2.05) is 11.3 Å². The Kier molecular flexibility index (Phi) is 3.83. The van der Waals surface area contributed by atoms with Gasteiger partial charge in [0.1, 0.15) is 0 Å². The van der Waals surface area contributed by atoms with Gasteiger partial charge in [-0.1, -0.05) is 34.5 Å². The predicted molar refractivity (Wildman–Crippen MR) is 82.0 cm³/mol. The first-order valence-corrected chi connectivity index (χ1v) is 8.03. The zero-order chi connectivity index (χ0) is 12.4. The maximum atomic E-state index is 3.61. The summed E-state index contributed by atoms with van der Waals surface area (Å²) in [6, 6.07) is 13.6. The topological polar surface area (TPSA) is 12.0 Å². The van der Waals surface area contributed by atoms with Crippen LogP contribution in [-0.4, -0.2) is 6.54 Å². The van der Waals surface area contributed by atoms with Crippen LogP contribution in [0, 0.1) is 0 Å². The van der Waals surface area contributed by atoms with Crippen LogP contribution in [0.1, 0.15) is 30.2 Å². The molecule has 1 atom stereocenters. The molecule has 0 unspecified atom stereocenters. The highest BCUT2D eigenvalue weighted by molar-refractivity contribution is 9.10. The van der Waals surface area contributed by atoms with Gasteiger partial charge in [-0.3, -0.25) is 0 Å². The maximum absolute atomic E-state index is 3.61. The van der Waals surface area contributed by atoms with Crippen molar-refractivity contribution in [2.45, 2.75) is 25.3 Å². The summed E-state index contributed by atoms with van der Waals surface area (Å²) in [6.07, 6.45) is 3.95. The SMILES string of the molecule is Brc1cccc(-c2ccc([C@H]3CCCCN3)s2)c1. The van der Waals surface area contributed by atoms with E-state index in [0.29, 0.717) is 6.04 Å². The van der Waals surface area contributed by atoms with E-state index in [1.165, 1.54) is 34.6 Å². The number of hydrogen-bond acceptors (Lipinski definition) is 2. The zero-order valence-electron chi connectivity index (χ0n) is 10.2. The molecule has 0 radical (unpaired) electrons. The van der Waals surface area contributed by atoms with Crippen molar-refractivity contribution in [3.8, 4) is 10.4 Å². The summed E-state index contributed by atoms with van der Waals surface area (Å²) in [4.78, 5) is 2.84. The standard InChI is InChI=1S/C15H16BrNS/c16-12-5-3-4-11(10-12)14-7-8-15(18-14)13-6-1-2-9-17-13/h3-5,7-8,10,13,17H,1-2,6,9H2/t13-/m1/s1. The second-order valence-electron chi connectivity index (χ2n) is 4.71. The van der Waals surface area contributed by atoms with Gasteiger partial charge < -0.3 is 5.32 Å². The summed E-state index contributed by atoms with van der Waals surface area (Å²) < 4.78 is 1.14. The summed E-state index contributed by atoms with van der Waals surface area (Å²) in [5, 5.41) is 3.61. The van der Waals surface area contributed by atoms with Crippen LogP contribution in [0.2, 0.25) is 0 Å². The van der Waals surface area contributed by atoms with Crippen molar-refractivity contribution in [1.29, 1.82) is 0 Å². The van der Waals surface area contributed by atoms with Gasteiger partial charge in [-0.2, -0.15) is 0 Å². The van der Waals surface area contributed by atoms with E-state index in [-0.39, 0.29) is 0 Å². The highest BCUT2D eigenvalue weighted by Gasteiger charge is 2.16. The average molecular weight is 322 g/mol. The minimum absolute atomic E-state index is 0.574. The maximum Gasteiger partial charge on any atom is 0.0415 e. The molecule has 1 saturated heterocycles. The number of halogens is 1. The van der Waals surface area contributed by atoms with E-state index in [2.05, 4.69) is 57.6 Å². The third-order valence-corrected chi connectivity index (χ3v) is 5.13. The van der Waals surface area contributed by atoms with Crippen LogP contribution < -0.4 is 5.32 Å². The van der Waals surface area contributed by atoms with Gasteiger partial charge in [0, 0.05) is 20.3 Å². The molecule has 1 aliphatic heterocycles. The molecule has 1 fully saturated rings. The minimum Gasteiger partial charge on any atom is -0.309 e. The fourth-order valence-electron chi connectivity index (χ4n) is 2.43. The van der Waals surface area contributed by atoms with Gasteiger partial charge in [-0.05, 0) is 49.2 Å². The molecule has 1 nitrogen and oxygen atoms in total. The van der Waals surface area contributed by atoms with Gasteiger partial charge in [0.05, 0.1) is 0 Å². The smallest absolute Gasteiger partial charge is 0.0415 e. The quantitative estimate of drug-likeness (QED) is 0.821. The largest absolute Gasteiger partial charge is 0.309 e. The van der Waals surface area contributed by atoms with Gasteiger partial charge >= 0.3 is 0 Å². The molecule has 1 aliphatic rings. The van der Waals surface area contributed by atoms with E-state index in [4.69, 9.17) is 0 Å². The van der Waals surface area contributed by atoms with Crippen LogP contribution in [0.5, 0.6) is 0 Å². The van der Waals surface area contributed by atoms with Crippen LogP contribution >= 0.6 is 27.3 Å². The molecule has 1 aromatic heterocycles. The van der Waals surface area contributed by atoms with Crippen LogP contribution in [0.3, 0.4) is 0 Å². The lowest BCUT2D eigenvalue weighted by molar-refractivity contribution is 0.417. The molecule has 18 heavy (non-hydrogen) atoms. The predicted octanol–water partition coefficient (Wildman–Crippen LogP) is 4.99. The zero-order valence-corrected chi connectivity index (χ0v) is 12.6. The van der Waals surface area contributed by atoms with Crippen molar-refractivity contribution in [2.75, 3.05) is 6.54 Å². The van der Waals surface area contributed by atoms with E-state index in [9.17, 15) is 0 Å². The molecule has 0 amide bonds. The fourth-order valence-corrected chi connectivity index (χ4v) is 3.95. The normalized spacial score (nSPS) is 19.9. The Balaban J connectivity index is 1.84. The summed E-state index contributed by atoms with van der Waals surface area (Å²) in [5.41, 5.74) is 1.30. The lowest BCUT2D eigenvalue weighted by Crippen LogP contribution is -2.25. The lowest BCUT2D eigenvalue weighted by Gasteiger charge is -2.22. The molecular formula is C15H16BrNS. The Bertz CT molecular complexity index is 529. The van der Waals surface area contributed by atoms with E-state index in [0.717, 1.165) is 11.0 Å². The summed E-state index contributed by atoms with van der Waals surface area (Å²) in [6.45, 7) is 1.16. The van der Waals surface area contributed by atoms with Crippen molar-refractivity contribution >= 4 is 27.3 Å². The second kappa shape index (κ2) is 5.55. The summed E-state index contributed by atoms with van der Waals surface area (Å²) in [7, 11) is 0. The molecule has 1 N–H and O–H groups in total. The van der Waals surface area contributed by atoms with Crippen molar-refractivity contribution in [1.82, 2.24) is 5.32 Å². The van der Waals surface area contributed by atoms with Crippen molar-refractivity contribution in [3.05, 3.63) is 45.7 Å². The number of rotatable bonds is 2. The van der Waals surface area contributed by atoms with Gasteiger partial charge in [-0.25, -0.2) is 0 Å². The minimum atomic E-state index is 0.574. The molecule has 94 valence electrons. The van der Waals surface area contributed by atoms with E-state index < -0.39 is 0 Å². The third kappa shape index (κ3) is 2.68. The van der Waals surface area contributed by atoms with Gasteiger partial charge in [0.15, 0.2) is 0 Å². The van der Waals surface area contributed by atoms with Crippen LogP contribution in [0.15, 0.2) is 40.9 Å². The third-order valence-electron chi connectivity index (χ3n) is 3.39. The first-order valence-electron chi connectivity index (χ1n) is 6.42. The lowest BCUT2D eigenvalue weighted by atomic mass is 10.0. The second-order valence-corrected chi connectivity index (χ2v) is 6.75. The van der Waals surface area contributed by atoms with Crippen molar-refractivity contribution in [3.63, 3.8) is 0 Å². The monoisotopic (exact) mass is 321 g/mol. The molecule has 3 heteroatoms. The fraction of sp³-hybridized carbons (Fsp3) is 0.333. The molecule has 0 saturated carbocycles.